The van der Waals surface area contributed by atoms with Crippen molar-refractivity contribution in [1.82, 2.24) is 4.90 Å². The summed E-state index contributed by atoms with van der Waals surface area (Å²) in [5.41, 5.74) is 2.32. The monoisotopic (exact) mass is 394 g/mol. The van der Waals surface area contributed by atoms with Crippen LogP contribution in [0.25, 0.3) is 0 Å². The van der Waals surface area contributed by atoms with Gasteiger partial charge < -0.3 is 14.9 Å². The van der Waals surface area contributed by atoms with Gasteiger partial charge in [-0.05, 0) is 88.8 Å². The molecule has 29 heavy (non-hydrogen) atoms. The number of piperidine rings is 1. The van der Waals surface area contributed by atoms with E-state index >= 15 is 0 Å². The lowest BCUT2D eigenvalue weighted by Crippen LogP contribution is -2.77. The van der Waals surface area contributed by atoms with Gasteiger partial charge in [0.1, 0.15) is 6.10 Å². The summed E-state index contributed by atoms with van der Waals surface area (Å²) in [7, 11) is 0. The maximum absolute atomic E-state index is 11.1. The highest BCUT2D eigenvalue weighted by Gasteiger charge is 2.77. The highest BCUT2D eigenvalue weighted by molar-refractivity contribution is 5.62. The second-order valence-corrected chi connectivity index (χ2v) is 11.7. The number of hydrogen-bond acceptors (Lipinski definition) is 4. The van der Waals surface area contributed by atoms with Crippen LogP contribution in [0.4, 0.5) is 0 Å². The van der Waals surface area contributed by atoms with Crippen molar-refractivity contribution in [3.63, 3.8) is 0 Å². The first-order valence-electron chi connectivity index (χ1n) is 11.8. The molecule has 1 aromatic rings. The molecule has 8 rings (SSSR count). The van der Waals surface area contributed by atoms with Crippen molar-refractivity contribution < 1.29 is 14.9 Å². The molecule has 2 N–H and O–H groups in total. The Morgan fingerprint density at radius 2 is 2.03 bits per heavy atom. The van der Waals surface area contributed by atoms with Gasteiger partial charge in [-0.3, -0.25) is 4.90 Å². The average Bonchev–Trinajstić information content (AvgIpc) is 3.42. The minimum absolute atomic E-state index is 0.0457. The van der Waals surface area contributed by atoms with E-state index in [2.05, 4.69) is 11.0 Å². The molecule has 0 amide bonds. The van der Waals surface area contributed by atoms with Crippen LogP contribution in [0.1, 0.15) is 63.5 Å². The van der Waals surface area contributed by atoms with Crippen molar-refractivity contribution in [1.29, 1.82) is 0 Å². The Labute approximate surface area is 173 Å². The number of hydrogen-bond donors (Lipinski definition) is 2. The first kappa shape index (κ1) is 17.4. The number of likely N-dealkylation sites (tertiary alicyclic amines) is 1. The van der Waals surface area contributed by atoms with Crippen LogP contribution < -0.4 is 4.74 Å². The molecule has 7 aliphatic rings. The van der Waals surface area contributed by atoms with Crippen LogP contribution in [0, 0.1) is 23.2 Å². The van der Waals surface area contributed by atoms with Gasteiger partial charge in [0, 0.05) is 34.9 Å². The fraction of sp³-hybridized carbons (Fsp3) is 0.760. The number of benzene rings is 1. The van der Waals surface area contributed by atoms with Crippen molar-refractivity contribution in [3.8, 4) is 11.5 Å². The van der Waals surface area contributed by atoms with Gasteiger partial charge in [0.2, 0.25) is 0 Å². The summed E-state index contributed by atoms with van der Waals surface area (Å²) in [6.07, 6.45) is 8.67. The first-order valence-corrected chi connectivity index (χ1v) is 11.8. The van der Waals surface area contributed by atoms with Gasteiger partial charge in [-0.1, -0.05) is 6.07 Å². The van der Waals surface area contributed by atoms with E-state index in [1.165, 1.54) is 36.9 Å². The van der Waals surface area contributed by atoms with Gasteiger partial charge in [-0.2, -0.15) is 0 Å². The molecule has 5 fully saturated rings. The van der Waals surface area contributed by atoms with Gasteiger partial charge in [-0.15, -0.1) is 0 Å². The maximum Gasteiger partial charge on any atom is 0.165 e. The van der Waals surface area contributed by atoms with Crippen molar-refractivity contribution in [2.75, 3.05) is 13.1 Å². The van der Waals surface area contributed by atoms with E-state index in [9.17, 15) is 10.2 Å². The van der Waals surface area contributed by atoms with Crippen molar-refractivity contribution in [3.05, 3.63) is 23.3 Å². The number of aliphatic hydroxyl groups is 1. The summed E-state index contributed by atoms with van der Waals surface area (Å²) in [5.74, 6) is 2.66. The standard InChI is InChI=1S/C25H33NO3/c1-23(2,28)17-12-24-8-7-16(17)22-25(24)9-10-26(13-14-3-4-14)19(24)11-15-5-6-18(27)21(29-22)20(15)25/h5-6,14,16-17,19,22,27-28H,3-4,7-13H2,1-2H3/t16?,17?,19?,22?,24-,25?/m1/s1/i13-1. The van der Waals surface area contributed by atoms with Crippen LogP contribution in [0.15, 0.2) is 12.1 Å². The molecule has 4 nitrogen and oxygen atoms in total. The lowest BCUT2D eigenvalue weighted by atomic mass is 9.34. The molecule has 2 heterocycles. The number of aromatic hydroxyl groups is 1. The lowest BCUT2D eigenvalue weighted by molar-refractivity contribution is -0.225. The van der Waals surface area contributed by atoms with Gasteiger partial charge in [-0.25, -0.2) is 0 Å². The van der Waals surface area contributed by atoms with E-state index in [0.29, 0.717) is 17.7 Å². The summed E-state index contributed by atoms with van der Waals surface area (Å²) < 4.78 is 6.71. The topological polar surface area (TPSA) is 52.9 Å². The second kappa shape index (κ2) is 5.13. The number of fused-ring (bicyclic) bond motifs is 2. The molecule has 6 atom stereocenters. The predicted octanol–water partition coefficient (Wildman–Crippen LogP) is 3.62. The Morgan fingerprint density at radius 1 is 1.21 bits per heavy atom. The Hall–Kier alpha value is -1.26. The molecule has 4 heteroatoms. The summed E-state index contributed by atoms with van der Waals surface area (Å²) in [4.78, 5) is 2.83. The zero-order chi connectivity index (χ0) is 19.8. The lowest BCUT2D eigenvalue weighted by Gasteiger charge is -2.72. The molecule has 1 aromatic carbocycles. The quantitative estimate of drug-likeness (QED) is 0.822. The van der Waals surface area contributed by atoms with Crippen LogP contribution in [-0.4, -0.2) is 45.9 Å². The fourth-order valence-corrected chi connectivity index (χ4v) is 8.88. The molecular weight excluding hydrogens is 361 g/mol. The van der Waals surface area contributed by atoms with Crippen LogP contribution in [0.2, 0.25) is 0 Å². The Morgan fingerprint density at radius 3 is 2.79 bits per heavy atom. The molecule has 0 radical (unpaired) electrons. The fourth-order valence-electron chi connectivity index (χ4n) is 8.88. The minimum atomic E-state index is -0.685. The Bertz CT molecular complexity index is 902. The van der Waals surface area contributed by atoms with E-state index in [-0.39, 0.29) is 22.9 Å². The molecule has 4 bridgehead atoms. The Balaban J connectivity index is 1.46. The highest BCUT2D eigenvalue weighted by Crippen LogP contribution is 2.76. The van der Waals surface area contributed by atoms with Gasteiger partial charge in [0.25, 0.3) is 0 Å². The summed E-state index contributed by atoms with van der Waals surface area (Å²) in [6.45, 7) is 6.43. The average molecular weight is 395 g/mol. The van der Waals surface area contributed by atoms with E-state index in [4.69, 9.17) is 4.74 Å². The minimum Gasteiger partial charge on any atom is -0.504 e. The molecule has 5 aliphatic carbocycles. The van der Waals surface area contributed by atoms with Crippen molar-refractivity contribution in [2.24, 2.45) is 23.2 Å². The molecule has 2 spiro atoms. The molecule has 0 aromatic heterocycles. The first-order chi connectivity index (χ1) is 13.8. The Kier molecular flexibility index (Phi) is 3.08. The zero-order valence-electron chi connectivity index (χ0n) is 17.7. The highest BCUT2D eigenvalue weighted by atomic mass is 16.5. The molecule has 5 unspecified atom stereocenters. The van der Waals surface area contributed by atoms with Gasteiger partial charge >= 0.3 is 0 Å². The predicted molar refractivity (Wildman–Crippen MR) is 110 cm³/mol. The third-order valence-electron chi connectivity index (χ3n) is 10.1. The second-order valence-electron chi connectivity index (χ2n) is 11.7. The molecule has 2 aliphatic heterocycles. The molecule has 4 saturated carbocycles. The maximum atomic E-state index is 11.1. The summed E-state index contributed by atoms with van der Waals surface area (Å²) in [5, 5.41) is 21.9. The van der Waals surface area contributed by atoms with Crippen LogP contribution in [0.5, 0.6) is 11.5 Å². The molecule has 1 saturated heterocycles. The van der Waals surface area contributed by atoms with E-state index in [1.807, 2.05) is 19.9 Å². The van der Waals surface area contributed by atoms with Crippen LogP contribution >= 0.6 is 0 Å². The summed E-state index contributed by atoms with van der Waals surface area (Å²) >= 11 is 0. The van der Waals surface area contributed by atoms with Crippen LogP contribution in [-0.2, 0) is 11.8 Å². The van der Waals surface area contributed by atoms with E-state index in [1.54, 1.807) is 0 Å². The largest absolute Gasteiger partial charge is 0.504 e. The van der Waals surface area contributed by atoms with Gasteiger partial charge in [0.15, 0.2) is 11.5 Å². The van der Waals surface area contributed by atoms with Crippen molar-refractivity contribution >= 4 is 0 Å². The molecular formula is C25H33NO3. The SMILES string of the molecule is CC(C)(O)C1C[C@@]23CCC1C1Oc4c(O)ccc5c4C12CCN([11CH2]C1CC1)C3C5. The number of rotatable bonds is 3. The number of nitrogens with zero attached hydrogens (tertiary/aromatic N) is 1. The number of ether oxygens (including phenoxy) is 1. The summed E-state index contributed by atoms with van der Waals surface area (Å²) in [6, 6.07) is 4.59. The van der Waals surface area contributed by atoms with E-state index in [0.717, 1.165) is 43.9 Å². The third-order valence-corrected chi connectivity index (χ3v) is 10.1. The van der Waals surface area contributed by atoms with Crippen molar-refractivity contribution in [2.45, 2.75) is 82.0 Å². The van der Waals surface area contributed by atoms with E-state index < -0.39 is 5.60 Å². The number of phenolic OH excluding ortho intramolecular Hbond substituents is 1. The molecule has 156 valence electrons. The van der Waals surface area contributed by atoms with Gasteiger partial charge in [0.05, 0.1) is 5.60 Å². The smallest absolute Gasteiger partial charge is 0.165 e. The zero-order valence-corrected chi connectivity index (χ0v) is 17.7. The van der Waals surface area contributed by atoms with Crippen LogP contribution in [0.3, 0.4) is 0 Å². The third kappa shape index (κ3) is 1.90. The normalized spacial score (nSPS) is 44.5. The number of phenols is 1.